The van der Waals surface area contributed by atoms with Gasteiger partial charge in [0.15, 0.2) is 0 Å². The summed E-state index contributed by atoms with van der Waals surface area (Å²) >= 11 is 7.89. The molecule has 132 valence electrons. The summed E-state index contributed by atoms with van der Waals surface area (Å²) in [7, 11) is 1.58. The van der Waals surface area contributed by atoms with E-state index < -0.39 is 0 Å². The Kier molecular flexibility index (Phi) is 5.03. The van der Waals surface area contributed by atoms with Crippen molar-refractivity contribution in [1.29, 1.82) is 0 Å². The Labute approximate surface area is 158 Å². The van der Waals surface area contributed by atoms with E-state index in [0.29, 0.717) is 16.5 Å². The molecule has 0 radical (unpaired) electrons. The molecule has 1 atom stereocenters. The van der Waals surface area contributed by atoms with Gasteiger partial charge in [0.2, 0.25) is 5.91 Å². The topological polar surface area (TPSA) is 29.5 Å². The minimum absolute atomic E-state index is 0.0361. The molecule has 0 aromatic heterocycles. The van der Waals surface area contributed by atoms with Crippen LogP contribution in [-0.2, 0) is 10.2 Å². The third-order valence-corrected chi connectivity index (χ3v) is 5.85. The molecule has 0 saturated carbocycles. The molecule has 1 aliphatic rings. The summed E-state index contributed by atoms with van der Waals surface area (Å²) < 4.78 is 5.21. The Morgan fingerprint density at radius 1 is 1.16 bits per heavy atom. The van der Waals surface area contributed by atoms with E-state index in [0.717, 1.165) is 11.3 Å². The molecular weight excluding hydrogens is 354 g/mol. The summed E-state index contributed by atoms with van der Waals surface area (Å²) in [6.45, 7) is 6.59. The first kappa shape index (κ1) is 18.2. The third-order valence-electron chi connectivity index (χ3n) is 4.34. The van der Waals surface area contributed by atoms with Crippen LogP contribution in [0.4, 0.5) is 5.69 Å². The van der Waals surface area contributed by atoms with Crippen LogP contribution in [0.5, 0.6) is 5.75 Å². The lowest BCUT2D eigenvalue weighted by molar-refractivity contribution is -0.115. The Morgan fingerprint density at radius 3 is 2.40 bits per heavy atom. The average Bonchev–Trinajstić information content (AvgIpc) is 2.95. The number of nitrogens with zero attached hydrogens (tertiary/aromatic N) is 1. The van der Waals surface area contributed by atoms with Crippen LogP contribution in [0.15, 0.2) is 42.5 Å². The maximum atomic E-state index is 12.5. The largest absolute Gasteiger partial charge is 0.495 e. The SMILES string of the molecule is COc1ccc(N2C(=O)CS[C@H]2c2ccc(C(C)(C)C)cc2)cc1Cl. The van der Waals surface area contributed by atoms with Crippen LogP contribution in [-0.4, -0.2) is 18.8 Å². The molecule has 1 heterocycles. The number of methoxy groups -OCH3 is 1. The fourth-order valence-electron chi connectivity index (χ4n) is 2.90. The van der Waals surface area contributed by atoms with E-state index in [1.807, 2.05) is 11.0 Å². The lowest BCUT2D eigenvalue weighted by Gasteiger charge is -2.26. The van der Waals surface area contributed by atoms with Crippen LogP contribution in [0.3, 0.4) is 0 Å². The van der Waals surface area contributed by atoms with Gasteiger partial charge in [-0.05, 0) is 34.7 Å². The van der Waals surface area contributed by atoms with E-state index in [1.54, 1.807) is 31.0 Å². The first-order valence-corrected chi connectivity index (χ1v) is 9.61. The Balaban J connectivity index is 1.93. The summed E-state index contributed by atoms with van der Waals surface area (Å²) in [6, 6.07) is 14.0. The Bertz CT molecular complexity index is 783. The molecule has 3 nitrogen and oxygen atoms in total. The highest BCUT2D eigenvalue weighted by Crippen LogP contribution is 2.43. The zero-order chi connectivity index (χ0) is 18.2. The number of benzene rings is 2. The molecule has 1 aliphatic heterocycles. The van der Waals surface area contributed by atoms with Gasteiger partial charge in [-0.2, -0.15) is 0 Å². The molecule has 1 fully saturated rings. The van der Waals surface area contributed by atoms with Crippen LogP contribution in [0, 0.1) is 0 Å². The van der Waals surface area contributed by atoms with Gasteiger partial charge >= 0.3 is 0 Å². The average molecular weight is 376 g/mol. The molecule has 3 rings (SSSR count). The summed E-state index contributed by atoms with van der Waals surface area (Å²) in [5, 5.41) is 0.470. The van der Waals surface area contributed by atoms with E-state index in [1.165, 1.54) is 5.56 Å². The lowest BCUT2D eigenvalue weighted by Crippen LogP contribution is -2.27. The number of thioether (sulfide) groups is 1. The van der Waals surface area contributed by atoms with Crippen molar-refractivity contribution in [3.8, 4) is 5.75 Å². The third kappa shape index (κ3) is 3.65. The minimum atomic E-state index is -0.0361. The van der Waals surface area contributed by atoms with Gasteiger partial charge in [-0.1, -0.05) is 56.6 Å². The van der Waals surface area contributed by atoms with Gasteiger partial charge in [-0.3, -0.25) is 9.69 Å². The fourth-order valence-corrected chi connectivity index (χ4v) is 4.33. The molecular formula is C20H22ClNO2S. The van der Waals surface area contributed by atoms with Crippen LogP contribution < -0.4 is 9.64 Å². The van der Waals surface area contributed by atoms with Crippen LogP contribution in [0.25, 0.3) is 0 Å². The number of amides is 1. The number of hydrogen-bond acceptors (Lipinski definition) is 3. The molecule has 1 amide bonds. The van der Waals surface area contributed by atoms with Gasteiger partial charge < -0.3 is 4.74 Å². The van der Waals surface area contributed by atoms with Gasteiger partial charge in [0.05, 0.1) is 17.9 Å². The predicted molar refractivity (Wildman–Crippen MR) is 106 cm³/mol. The van der Waals surface area contributed by atoms with E-state index in [-0.39, 0.29) is 16.7 Å². The number of ether oxygens (including phenoxy) is 1. The molecule has 25 heavy (non-hydrogen) atoms. The van der Waals surface area contributed by atoms with Gasteiger partial charge in [0.25, 0.3) is 0 Å². The number of carbonyl (C=O) groups excluding carboxylic acids is 1. The molecule has 2 aromatic carbocycles. The zero-order valence-corrected chi connectivity index (χ0v) is 16.4. The van der Waals surface area contributed by atoms with Crippen molar-refractivity contribution < 1.29 is 9.53 Å². The second kappa shape index (κ2) is 6.93. The Morgan fingerprint density at radius 2 is 1.84 bits per heavy atom. The molecule has 1 saturated heterocycles. The highest BCUT2D eigenvalue weighted by atomic mass is 35.5. The number of carbonyl (C=O) groups is 1. The van der Waals surface area contributed by atoms with Gasteiger partial charge in [-0.15, -0.1) is 11.8 Å². The van der Waals surface area contributed by atoms with Crippen molar-refractivity contribution in [2.75, 3.05) is 17.8 Å². The smallest absolute Gasteiger partial charge is 0.238 e. The fraction of sp³-hybridized carbons (Fsp3) is 0.350. The van der Waals surface area contributed by atoms with Crippen molar-refractivity contribution >= 4 is 35.0 Å². The number of halogens is 1. The summed E-state index contributed by atoms with van der Waals surface area (Å²) in [6.07, 6.45) is 0. The van der Waals surface area contributed by atoms with Gasteiger partial charge in [-0.25, -0.2) is 0 Å². The van der Waals surface area contributed by atoms with Gasteiger partial charge in [0, 0.05) is 5.69 Å². The van der Waals surface area contributed by atoms with Crippen molar-refractivity contribution in [3.05, 3.63) is 58.6 Å². The predicted octanol–water partition coefficient (Wildman–Crippen LogP) is 5.42. The number of hydrogen-bond donors (Lipinski definition) is 0. The van der Waals surface area contributed by atoms with E-state index >= 15 is 0 Å². The van der Waals surface area contributed by atoms with Gasteiger partial charge in [0.1, 0.15) is 11.1 Å². The minimum Gasteiger partial charge on any atom is -0.495 e. The first-order chi connectivity index (χ1) is 11.8. The maximum Gasteiger partial charge on any atom is 0.238 e. The van der Waals surface area contributed by atoms with E-state index in [9.17, 15) is 4.79 Å². The lowest BCUT2D eigenvalue weighted by atomic mass is 9.86. The Hall–Kier alpha value is -1.65. The number of rotatable bonds is 3. The molecule has 0 N–H and O–H groups in total. The summed E-state index contributed by atoms with van der Waals surface area (Å²) in [5.41, 5.74) is 3.31. The zero-order valence-electron chi connectivity index (χ0n) is 14.9. The standard InChI is InChI=1S/C20H22ClNO2S/c1-20(2,3)14-7-5-13(6-8-14)19-22(18(23)12-25-19)15-9-10-17(24-4)16(21)11-15/h5-11,19H,12H2,1-4H3/t19-/m0/s1. The normalized spacial score (nSPS) is 17.9. The molecule has 0 spiro atoms. The first-order valence-electron chi connectivity index (χ1n) is 8.19. The van der Waals surface area contributed by atoms with E-state index in [2.05, 4.69) is 45.0 Å². The monoisotopic (exact) mass is 375 g/mol. The highest BCUT2D eigenvalue weighted by Gasteiger charge is 2.34. The van der Waals surface area contributed by atoms with Crippen LogP contribution in [0.1, 0.15) is 37.3 Å². The van der Waals surface area contributed by atoms with Crippen molar-refractivity contribution in [1.82, 2.24) is 0 Å². The van der Waals surface area contributed by atoms with Crippen LogP contribution >= 0.6 is 23.4 Å². The molecule has 5 heteroatoms. The maximum absolute atomic E-state index is 12.5. The van der Waals surface area contributed by atoms with Crippen LogP contribution in [0.2, 0.25) is 5.02 Å². The number of anilines is 1. The van der Waals surface area contributed by atoms with Crippen molar-refractivity contribution in [2.45, 2.75) is 31.6 Å². The molecule has 0 aliphatic carbocycles. The summed E-state index contributed by atoms with van der Waals surface area (Å²) in [5.74, 6) is 1.17. The van der Waals surface area contributed by atoms with Crippen molar-refractivity contribution in [2.24, 2.45) is 0 Å². The second-order valence-corrected chi connectivity index (χ2v) is 8.59. The molecule has 2 aromatic rings. The quantitative estimate of drug-likeness (QED) is 0.716. The second-order valence-electron chi connectivity index (χ2n) is 7.12. The van der Waals surface area contributed by atoms with Crippen molar-refractivity contribution in [3.63, 3.8) is 0 Å². The molecule has 0 unspecified atom stereocenters. The van der Waals surface area contributed by atoms with E-state index in [4.69, 9.17) is 16.3 Å². The summed E-state index contributed by atoms with van der Waals surface area (Å²) in [4.78, 5) is 14.3. The molecule has 0 bridgehead atoms. The highest BCUT2D eigenvalue weighted by molar-refractivity contribution is 8.00.